The van der Waals surface area contributed by atoms with Gasteiger partial charge in [-0.05, 0) is 41.1 Å². The smallest absolute Gasteiger partial charge is 0.224 e. The van der Waals surface area contributed by atoms with Gasteiger partial charge in [-0.15, -0.1) is 0 Å². The molecule has 0 saturated heterocycles. The molecule has 1 heterocycles. The molecule has 1 aromatic heterocycles. The van der Waals surface area contributed by atoms with E-state index in [1.54, 1.807) is 31.2 Å². The van der Waals surface area contributed by atoms with Crippen LogP contribution in [0.25, 0.3) is 0 Å². The lowest BCUT2D eigenvalue weighted by Gasteiger charge is -2.07. The maximum atomic E-state index is 5.84. The van der Waals surface area contributed by atoms with Crippen LogP contribution in [0, 0.1) is 6.92 Å². The molecule has 6 heteroatoms. The predicted molar refractivity (Wildman–Crippen MR) is 71.0 cm³/mol. The summed E-state index contributed by atoms with van der Waals surface area (Å²) in [5.74, 6) is 1.56. The van der Waals surface area contributed by atoms with Crippen molar-refractivity contribution in [1.29, 1.82) is 0 Å². The topological polar surface area (TPSA) is 35.0 Å². The maximum Gasteiger partial charge on any atom is 0.224 e. The third-order valence-corrected chi connectivity index (χ3v) is 2.94. The van der Waals surface area contributed by atoms with Gasteiger partial charge in [-0.1, -0.05) is 23.2 Å². The molecule has 2 aromatic rings. The van der Waals surface area contributed by atoms with Crippen LogP contribution < -0.4 is 4.74 Å². The Bertz CT molecular complexity index is 543. The molecule has 0 N–H and O–H groups in total. The molecule has 88 valence electrons. The van der Waals surface area contributed by atoms with E-state index in [1.165, 1.54) is 0 Å². The zero-order chi connectivity index (χ0) is 12.4. The molecule has 0 aliphatic heterocycles. The first-order chi connectivity index (χ1) is 8.04. The van der Waals surface area contributed by atoms with Crippen LogP contribution in [-0.4, -0.2) is 9.97 Å². The molecular formula is C11H7BrCl2N2O. The van der Waals surface area contributed by atoms with Crippen LogP contribution in [0.2, 0.25) is 10.2 Å². The second kappa shape index (κ2) is 5.21. The van der Waals surface area contributed by atoms with Gasteiger partial charge in [0.2, 0.25) is 5.88 Å². The first-order valence-electron chi connectivity index (χ1n) is 4.69. The molecule has 0 fully saturated rings. The Balaban J connectivity index is 2.31. The van der Waals surface area contributed by atoms with Crippen molar-refractivity contribution < 1.29 is 4.74 Å². The van der Waals surface area contributed by atoms with Crippen molar-refractivity contribution in [2.24, 2.45) is 0 Å². The van der Waals surface area contributed by atoms with Gasteiger partial charge in [-0.2, -0.15) is 4.98 Å². The second-order valence-electron chi connectivity index (χ2n) is 3.25. The zero-order valence-corrected chi connectivity index (χ0v) is 11.8. The fourth-order valence-electron chi connectivity index (χ4n) is 1.23. The minimum atomic E-state index is 0.345. The Morgan fingerprint density at radius 1 is 1.18 bits per heavy atom. The van der Waals surface area contributed by atoms with Crippen molar-refractivity contribution in [2.75, 3.05) is 0 Å². The molecule has 0 spiro atoms. The van der Waals surface area contributed by atoms with E-state index < -0.39 is 0 Å². The number of benzene rings is 1. The lowest BCUT2D eigenvalue weighted by Crippen LogP contribution is -1.93. The van der Waals surface area contributed by atoms with Crippen LogP contribution in [0.1, 0.15) is 5.82 Å². The summed E-state index contributed by atoms with van der Waals surface area (Å²) in [4.78, 5) is 8.08. The van der Waals surface area contributed by atoms with Crippen molar-refractivity contribution in [3.63, 3.8) is 0 Å². The van der Waals surface area contributed by atoms with E-state index in [0.717, 1.165) is 4.47 Å². The van der Waals surface area contributed by atoms with Crippen molar-refractivity contribution in [2.45, 2.75) is 6.92 Å². The van der Waals surface area contributed by atoms with Gasteiger partial charge < -0.3 is 4.74 Å². The van der Waals surface area contributed by atoms with Crippen LogP contribution in [0.15, 0.2) is 28.7 Å². The van der Waals surface area contributed by atoms with E-state index in [9.17, 15) is 0 Å². The maximum absolute atomic E-state index is 5.84. The quantitative estimate of drug-likeness (QED) is 0.750. The Labute approximate surface area is 117 Å². The molecule has 0 unspecified atom stereocenters. The molecule has 0 amide bonds. The van der Waals surface area contributed by atoms with E-state index in [2.05, 4.69) is 25.9 Å². The van der Waals surface area contributed by atoms with Gasteiger partial charge in [0.05, 0.1) is 4.47 Å². The molecule has 2 rings (SSSR count). The van der Waals surface area contributed by atoms with Gasteiger partial charge in [-0.25, -0.2) is 4.98 Å². The number of halogens is 3. The Morgan fingerprint density at radius 2 is 1.94 bits per heavy atom. The molecule has 0 saturated carbocycles. The minimum absolute atomic E-state index is 0.345. The van der Waals surface area contributed by atoms with Crippen molar-refractivity contribution in [1.82, 2.24) is 9.97 Å². The highest BCUT2D eigenvalue weighted by atomic mass is 79.9. The van der Waals surface area contributed by atoms with Gasteiger partial charge in [-0.3, -0.25) is 0 Å². The Kier molecular flexibility index (Phi) is 3.86. The van der Waals surface area contributed by atoms with Crippen LogP contribution in [0.4, 0.5) is 0 Å². The number of aromatic nitrogens is 2. The number of hydrogen-bond acceptors (Lipinski definition) is 3. The fraction of sp³-hybridized carbons (Fsp3) is 0.0909. The monoisotopic (exact) mass is 332 g/mol. The molecule has 0 radical (unpaired) electrons. The summed E-state index contributed by atoms with van der Waals surface area (Å²) < 4.78 is 6.33. The van der Waals surface area contributed by atoms with Gasteiger partial charge in [0.15, 0.2) is 0 Å². The van der Waals surface area contributed by atoms with Crippen LogP contribution in [0.3, 0.4) is 0 Å². The van der Waals surface area contributed by atoms with Gasteiger partial charge in [0, 0.05) is 11.1 Å². The number of nitrogens with zero attached hydrogens (tertiary/aromatic N) is 2. The van der Waals surface area contributed by atoms with Crippen molar-refractivity contribution in [3.05, 3.63) is 44.7 Å². The van der Waals surface area contributed by atoms with E-state index in [4.69, 9.17) is 27.9 Å². The van der Waals surface area contributed by atoms with Crippen LogP contribution >= 0.6 is 39.1 Å². The molecule has 3 nitrogen and oxygen atoms in total. The van der Waals surface area contributed by atoms with Crippen molar-refractivity contribution in [3.8, 4) is 11.6 Å². The normalized spacial score (nSPS) is 10.4. The molecular weight excluding hydrogens is 327 g/mol. The summed E-state index contributed by atoms with van der Waals surface area (Å²) in [6.07, 6.45) is 0. The summed E-state index contributed by atoms with van der Waals surface area (Å²) in [6, 6.07) is 6.78. The summed E-state index contributed by atoms with van der Waals surface area (Å²) >= 11 is 15.0. The first-order valence-corrected chi connectivity index (χ1v) is 6.23. The van der Waals surface area contributed by atoms with Gasteiger partial charge >= 0.3 is 0 Å². The van der Waals surface area contributed by atoms with Crippen LogP contribution in [0.5, 0.6) is 11.6 Å². The highest BCUT2D eigenvalue weighted by Gasteiger charge is 2.06. The molecule has 17 heavy (non-hydrogen) atoms. The Morgan fingerprint density at radius 3 is 2.59 bits per heavy atom. The average Bonchev–Trinajstić information content (AvgIpc) is 2.21. The highest BCUT2D eigenvalue weighted by molar-refractivity contribution is 9.10. The number of hydrogen-bond donors (Lipinski definition) is 0. The molecule has 0 aliphatic rings. The lowest BCUT2D eigenvalue weighted by molar-refractivity contribution is 0.457. The number of rotatable bonds is 2. The van der Waals surface area contributed by atoms with E-state index in [-0.39, 0.29) is 0 Å². The largest absolute Gasteiger partial charge is 0.438 e. The van der Waals surface area contributed by atoms with Gasteiger partial charge in [0.25, 0.3) is 0 Å². The predicted octanol–water partition coefficient (Wildman–Crippen LogP) is 4.65. The zero-order valence-electron chi connectivity index (χ0n) is 8.75. The summed E-state index contributed by atoms with van der Waals surface area (Å²) in [5.41, 5.74) is 0. The molecule has 0 aliphatic carbocycles. The van der Waals surface area contributed by atoms with E-state index in [1.807, 2.05) is 0 Å². The average molecular weight is 334 g/mol. The second-order valence-corrected chi connectivity index (χ2v) is 4.93. The van der Waals surface area contributed by atoms with Crippen LogP contribution in [-0.2, 0) is 0 Å². The first kappa shape index (κ1) is 12.6. The van der Waals surface area contributed by atoms with Gasteiger partial charge in [0.1, 0.15) is 16.7 Å². The summed E-state index contributed by atoms with van der Waals surface area (Å²) in [7, 11) is 0. The third-order valence-electron chi connectivity index (χ3n) is 1.89. The molecule has 0 atom stereocenters. The van der Waals surface area contributed by atoms with E-state index >= 15 is 0 Å². The standard InChI is InChI=1S/C11H7BrCl2N2O/c1-6-15-10(14)5-11(16-6)17-9-3-2-7(13)4-8(9)12/h2-5H,1H3. The molecule has 1 aromatic carbocycles. The number of ether oxygens (including phenoxy) is 1. The molecule has 0 bridgehead atoms. The third kappa shape index (κ3) is 3.31. The summed E-state index contributed by atoms with van der Waals surface area (Å²) in [6.45, 7) is 1.75. The fourth-order valence-corrected chi connectivity index (χ4v) is 2.21. The number of aryl methyl sites for hydroxylation is 1. The Hall–Kier alpha value is -0.840. The van der Waals surface area contributed by atoms with E-state index in [0.29, 0.717) is 27.6 Å². The minimum Gasteiger partial charge on any atom is -0.438 e. The summed E-state index contributed by atoms with van der Waals surface area (Å²) in [5, 5.41) is 0.971. The highest BCUT2D eigenvalue weighted by Crippen LogP contribution is 2.31. The lowest BCUT2D eigenvalue weighted by atomic mass is 10.3. The SMILES string of the molecule is Cc1nc(Cl)cc(Oc2ccc(Cl)cc2Br)n1. The van der Waals surface area contributed by atoms with Crippen molar-refractivity contribution >= 4 is 39.1 Å².